The van der Waals surface area contributed by atoms with Crippen molar-refractivity contribution in [2.45, 2.75) is 12.6 Å². The number of nitrogens with zero attached hydrogens (tertiary/aromatic N) is 4. The summed E-state index contributed by atoms with van der Waals surface area (Å²) >= 11 is 1.64. The van der Waals surface area contributed by atoms with Crippen LogP contribution in [0.2, 0.25) is 0 Å². The molecule has 2 aromatic carbocycles. The molecule has 3 aromatic heterocycles. The summed E-state index contributed by atoms with van der Waals surface area (Å²) in [6.45, 7) is 4.74. The quantitative estimate of drug-likeness (QED) is 0.229. The molecule has 1 aliphatic rings. The SMILES string of the molecule is O=C(Nc1ccc(CCNc2ncnc3cc(-c4ccnc(N5CC[NH2+]CC5)c4)sc23)cc1)c1cccc(C(F)(F)F)c1. The Balaban J connectivity index is 1.08. The summed E-state index contributed by atoms with van der Waals surface area (Å²) in [7, 11) is 0. The predicted octanol–water partition coefficient (Wildman–Crippen LogP) is 5.06. The Morgan fingerprint density at radius 1 is 0.977 bits per heavy atom. The summed E-state index contributed by atoms with van der Waals surface area (Å²) in [5, 5.41) is 8.40. The van der Waals surface area contributed by atoms with Crippen LogP contribution in [-0.2, 0) is 12.6 Å². The van der Waals surface area contributed by atoms with Gasteiger partial charge >= 0.3 is 6.18 Å². The first-order chi connectivity index (χ1) is 20.8. The summed E-state index contributed by atoms with van der Waals surface area (Å²) in [4.78, 5) is 29.5. The molecule has 0 radical (unpaired) electrons. The lowest BCUT2D eigenvalue weighted by molar-refractivity contribution is -0.655. The van der Waals surface area contributed by atoms with E-state index >= 15 is 0 Å². The molecule has 8 nitrogen and oxygen atoms in total. The van der Waals surface area contributed by atoms with Gasteiger partial charge in [0.1, 0.15) is 18.0 Å². The number of rotatable bonds is 8. The molecule has 220 valence electrons. The summed E-state index contributed by atoms with van der Waals surface area (Å²) in [5.41, 5.74) is 2.60. The maximum Gasteiger partial charge on any atom is 0.416 e. The molecule has 0 aliphatic carbocycles. The molecule has 0 bridgehead atoms. The highest BCUT2D eigenvalue weighted by Crippen LogP contribution is 2.36. The number of pyridine rings is 1. The van der Waals surface area contributed by atoms with Crippen LogP contribution >= 0.6 is 11.3 Å². The molecule has 1 saturated heterocycles. The van der Waals surface area contributed by atoms with Gasteiger partial charge in [-0.15, -0.1) is 11.3 Å². The van der Waals surface area contributed by atoms with E-state index in [4.69, 9.17) is 0 Å². The lowest BCUT2D eigenvalue weighted by Crippen LogP contribution is -2.89. The van der Waals surface area contributed by atoms with Gasteiger partial charge in [-0.2, -0.15) is 13.2 Å². The molecule has 6 rings (SSSR count). The molecular formula is C31H29F3N7OS+. The lowest BCUT2D eigenvalue weighted by atomic mass is 10.1. The molecule has 12 heteroatoms. The number of amides is 1. The van der Waals surface area contributed by atoms with Gasteiger partial charge in [0, 0.05) is 28.9 Å². The minimum absolute atomic E-state index is 0.0545. The predicted molar refractivity (Wildman–Crippen MR) is 163 cm³/mol. The Morgan fingerprint density at radius 2 is 1.79 bits per heavy atom. The molecule has 1 aliphatic heterocycles. The highest BCUT2D eigenvalue weighted by molar-refractivity contribution is 7.22. The zero-order valence-corrected chi connectivity index (χ0v) is 23.9. The summed E-state index contributed by atoms with van der Waals surface area (Å²) in [5.74, 6) is 1.16. The number of benzene rings is 2. The van der Waals surface area contributed by atoms with E-state index in [0.717, 1.165) is 76.2 Å². The van der Waals surface area contributed by atoms with E-state index in [-0.39, 0.29) is 5.56 Å². The van der Waals surface area contributed by atoms with Crippen molar-refractivity contribution in [2.24, 2.45) is 0 Å². The van der Waals surface area contributed by atoms with Crippen molar-refractivity contribution < 1.29 is 23.3 Å². The van der Waals surface area contributed by atoms with E-state index in [1.807, 2.05) is 24.4 Å². The highest BCUT2D eigenvalue weighted by atomic mass is 32.1. The first kappa shape index (κ1) is 28.6. The number of piperazine rings is 1. The Bertz CT molecular complexity index is 1730. The number of carbonyl (C=O) groups is 1. The smallest absolute Gasteiger partial charge is 0.368 e. The van der Waals surface area contributed by atoms with Gasteiger partial charge in [0.15, 0.2) is 0 Å². The second-order valence-electron chi connectivity index (χ2n) is 10.2. The Kier molecular flexibility index (Phi) is 8.21. The van der Waals surface area contributed by atoms with Gasteiger partial charge in [-0.05, 0) is 66.1 Å². The van der Waals surface area contributed by atoms with Crippen molar-refractivity contribution in [3.8, 4) is 10.4 Å². The van der Waals surface area contributed by atoms with Crippen LogP contribution < -0.4 is 20.9 Å². The van der Waals surface area contributed by atoms with E-state index in [9.17, 15) is 18.0 Å². The van der Waals surface area contributed by atoms with E-state index in [1.54, 1.807) is 29.8 Å². The monoisotopic (exact) mass is 604 g/mol. The first-order valence-electron chi connectivity index (χ1n) is 13.9. The van der Waals surface area contributed by atoms with Crippen LogP contribution in [0.5, 0.6) is 0 Å². The number of nitrogens with one attached hydrogen (secondary N) is 2. The highest BCUT2D eigenvalue weighted by Gasteiger charge is 2.31. The van der Waals surface area contributed by atoms with Crippen molar-refractivity contribution in [1.29, 1.82) is 0 Å². The van der Waals surface area contributed by atoms with Gasteiger partial charge in [-0.25, -0.2) is 15.0 Å². The number of anilines is 3. The second kappa shape index (κ2) is 12.4. The van der Waals surface area contributed by atoms with Crippen LogP contribution in [0.3, 0.4) is 0 Å². The largest absolute Gasteiger partial charge is 0.416 e. The average molecular weight is 605 g/mol. The van der Waals surface area contributed by atoms with Crippen LogP contribution in [0.1, 0.15) is 21.5 Å². The molecule has 1 amide bonds. The van der Waals surface area contributed by atoms with Gasteiger partial charge in [-0.1, -0.05) is 18.2 Å². The third-order valence-corrected chi connectivity index (χ3v) is 8.42. The lowest BCUT2D eigenvalue weighted by Gasteiger charge is -2.26. The number of fused-ring (bicyclic) bond motifs is 1. The molecule has 1 fully saturated rings. The fraction of sp³-hybridized carbons (Fsp3) is 0.226. The fourth-order valence-electron chi connectivity index (χ4n) is 4.97. The third kappa shape index (κ3) is 6.76. The Morgan fingerprint density at radius 3 is 2.58 bits per heavy atom. The maximum absolute atomic E-state index is 13.0. The topological polar surface area (TPSA) is 99.6 Å². The van der Waals surface area contributed by atoms with Gasteiger partial charge in [-0.3, -0.25) is 4.79 Å². The van der Waals surface area contributed by atoms with Crippen molar-refractivity contribution in [1.82, 2.24) is 15.0 Å². The zero-order valence-electron chi connectivity index (χ0n) is 23.1. The normalized spacial score (nSPS) is 13.7. The zero-order chi connectivity index (χ0) is 29.8. The van der Waals surface area contributed by atoms with E-state index in [2.05, 4.69) is 47.9 Å². The summed E-state index contributed by atoms with van der Waals surface area (Å²) < 4.78 is 39.9. The Hall–Kier alpha value is -4.55. The number of halogens is 3. The fourth-order valence-corrected chi connectivity index (χ4v) is 6.04. The van der Waals surface area contributed by atoms with Gasteiger partial charge < -0.3 is 20.9 Å². The number of hydrogen-bond acceptors (Lipinski definition) is 7. The standard InChI is InChI=1S/C31H28F3N7OS/c32-31(33,34)23-3-1-2-22(16-23)30(42)40-24-6-4-20(5-7-24)8-10-37-29-28-25(38-19-39-29)18-26(43-28)21-9-11-36-27(17-21)41-14-12-35-13-15-41/h1-7,9,11,16-19,35H,8,10,12-15H2,(H,40,42)(H,37,38,39)/p+1. The molecule has 4 heterocycles. The minimum atomic E-state index is -4.51. The number of alkyl halides is 3. The minimum Gasteiger partial charge on any atom is -0.368 e. The van der Waals surface area contributed by atoms with Gasteiger partial charge in [0.25, 0.3) is 5.91 Å². The van der Waals surface area contributed by atoms with E-state index in [1.165, 1.54) is 12.1 Å². The number of quaternary nitrogens is 1. The molecule has 0 spiro atoms. The van der Waals surface area contributed by atoms with Crippen LogP contribution in [0.4, 0.5) is 30.5 Å². The number of hydrogen-bond donors (Lipinski definition) is 3. The van der Waals surface area contributed by atoms with Crippen LogP contribution in [0, 0.1) is 0 Å². The second-order valence-corrected chi connectivity index (χ2v) is 11.3. The molecule has 0 atom stereocenters. The number of nitrogens with two attached hydrogens (primary N) is 1. The summed E-state index contributed by atoms with van der Waals surface area (Å²) in [6, 6.07) is 17.8. The molecule has 5 aromatic rings. The molecule has 0 unspecified atom stereocenters. The average Bonchev–Trinajstić information content (AvgIpc) is 3.48. The van der Waals surface area contributed by atoms with Crippen LogP contribution in [-0.4, -0.2) is 53.6 Å². The molecule has 43 heavy (non-hydrogen) atoms. The number of thiophene rings is 1. The van der Waals surface area contributed by atoms with E-state index in [0.29, 0.717) is 18.7 Å². The Labute approximate surface area is 250 Å². The van der Waals surface area contributed by atoms with Crippen molar-refractivity contribution in [3.63, 3.8) is 0 Å². The van der Waals surface area contributed by atoms with Crippen molar-refractivity contribution >= 4 is 44.8 Å². The van der Waals surface area contributed by atoms with E-state index < -0.39 is 17.6 Å². The van der Waals surface area contributed by atoms with Gasteiger partial charge in [0.05, 0.1) is 42.0 Å². The van der Waals surface area contributed by atoms with Crippen LogP contribution in [0.15, 0.2) is 79.3 Å². The van der Waals surface area contributed by atoms with Crippen molar-refractivity contribution in [3.05, 3.63) is 95.9 Å². The molecular weight excluding hydrogens is 575 g/mol. The third-order valence-electron chi connectivity index (χ3n) is 7.24. The molecule has 0 saturated carbocycles. The summed E-state index contributed by atoms with van der Waals surface area (Å²) in [6.07, 6.45) is -0.386. The maximum atomic E-state index is 13.0. The van der Waals surface area contributed by atoms with Crippen molar-refractivity contribution in [2.75, 3.05) is 48.3 Å². The number of carbonyl (C=O) groups excluding carboxylic acids is 1. The first-order valence-corrected chi connectivity index (χ1v) is 14.7. The molecule has 4 N–H and O–H groups in total. The number of aromatic nitrogens is 3. The van der Waals surface area contributed by atoms with Gasteiger partial charge in [0.2, 0.25) is 0 Å². The van der Waals surface area contributed by atoms with Crippen LogP contribution in [0.25, 0.3) is 20.7 Å².